The van der Waals surface area contributed by atoms with Crippen molar-refractivity contribution in [3.05, 3.63) is 17.0 Å². The molecule has 0 aliphatic rings. The summed E-state index contributed by atoms with van der Waals surface area (Å²) in [5.41, 5.74) is 9.55. The van der Waals surface area contributed by atoms with Crippen LogP contribution in [0.15, 0.2) is 5.16 Å². The molecule has 0 amide bonds. The van der Waals surface area contributed by atoms with Gasteiger partial charge in [0, 0.05) is 22.7 Å². The fraction of sp³-hybridized carbons (Fsp3) is 0.714. The van der Waals surface area contributed by atoms with Crippen LogP contribution in [0.1, 0.15) is 50.1 Å². The van der Waals surface area contributed by atoms with Crippen LogP contribution in [0.2, 0.25) is 0 Å². The fourth-order valence-corrected chi connectivity index (χ4v) is 3.05. The van der Waals surface area contributed by atoms with Crippen LogP contribution in [0.3, 0.4) is 0 Å². The lowest BCUT2D eigenvalue weighted by atomic mass is 10.1. The van der Waals surface area contributed by atoms with Crippen LogP contribution in [-0.2, 0) is 0 Å². The number of rotatable bonds is 6. The molecule has 3 nitrogen and oxygen atoms in total. The molecule has 0 aliphatic heterocycles. The Morgan fingerprint density at radius 1 is 1.11 bits per heavy atom. The van der Waals surface area contributed by atoms with E-state index in [-0.39, 0.29) is 6.04 Å². The maximum Gasteiger partial charge on any atom is 0.188 e. The average Bonchev–Trinajstić information content (AvgIpc) is 2.33. The first-order valence-electron chi connectivity index (χ1n) is 6.73. The molecule has 1 heterocycles. The fourth-order valence-electron chi connectivity index (χ4n) is 1.92. The summed E-state index contributed by atoms with van der Waals surface area (Å²) in [6.07, 6.45) is 3.25. The molecule has 4 heteroatoms. The molecule has 1 aromatic heterocycles. The van der Waals surface area contributed by atoms with Gasteiger partial charge in [0.1, 0.15) is 0 Å². The number of aryl methyl sites for hydroxylation is 2. The normalized spacial score (nSPS) is 14.6. The van der Waals surface area contributed by atoms with Crippen LogP contribution in [0.5, 0.6) is 0 Å². The lowest BCUT2D eigenvalue weighted by Crippen LogP contribution is -2.32. The van der Waals surface area contributed by atoms with Gasteiger partial charge in [-0.25, -0.2) is 9.97 Å². The first-order valence-corrected chi connectivity index (χ1v) is 7.61. The van der Waals surface area contributed by atoms with Crippen molar-refractivity contribution in [3.8, 4) is 0 Å². The molecule has 18 heavy (non-hydrogen) atoms. The number of hydrogen-bond acceptors (Lipinski definition) is 4. The number of thioether (sulfide) groups is 1. The summed E-state index contributed by atoms with van der Waals surface area (Å²) in [6.45, 7) is 10.5. The van der Waals surface area contributed by atoms with E-state index >= 15 is 0 Å². The third-order valence-corrected chi connectivity index (χ3v) is 4.75. The van der Waals surface area contributed by atoms with Crippen molar-refractivity contribution in [2.75, 3.05) is 0 Å². The highest BCUT2D eigenvalue weighted by Gasteiger charge is 2.18. The van der Waals surface area contributed by atoms with Crippen LogP contribution in [0.25, 0.3) is 0 Å². The number of nitrogens with zero attached hydrogens (tertiary/aromatic N) is 2. The molecule has 0 aromatic carbocycles. The van der Waals surface area contributed by atoms with Crippen molar-refractivity contribution >= 4 is 11.8 Å². The second-order valence-corrected chi connectivity index (χ2v) is 6.03. The van der Waals surface area contributed by atoms with E-state index in [1.807, 2.05) is 13.8 Å². The highest BCUT2D eigenvalue weighted by atomic mass is 32.2. The first-order chi connectivity index (χ1) is 8.49. The summed E-state index contributed by atoms with van der Waals surface area (Å²) in [6, 6.07) is 0.232. The Labute approximate surface area is 115 Å². The summed E-state index contributed by atoms with van der Waals surface area (Å²) in [4.78, 5) is 9.12. The van der Waals surface area contributed by atoms with Crippen molar-refractivity contribution in [2.24, 2.45) is 5.73 Å². The Morgan fingerprint density at radius 3 is 2.11 bits per heavy atom. The third kappa shape index (κ3) is 3.95. The number of aromatic nitrogens is 2. The summed E-state index contributed by atoms with van der Waals surface area (Å²) < 4.78 is 0. The maximum absolute atomic E-state index is 6.22. The van der Waals surface area contributed by atoms with Gasteiger partial charge in [-0.3, -0.25) is 0 Å². The van der Waals surface area contributed by atoms with Crippen LogP contribution in [0, 0.1) is 20.8 Å². The molecule has 2 unspecified atom stereocenters. The zero-order valence-electron chi connectivity index (χ0n) is 12.2. The molecule has 0 bridgehead atoms. The Balaban J connectivity index is 2.82. The van der Waals surface area contributed by atoms with Crippen molar-refractivity contribution < 1.29 is 0 Å². The van der Waals surface area contributed by atoms with Crippen molar-refractivity contribution in [1.82, 2.24) is 9.97 Å². The van der Waals surface area contributed by atoms with Gasteiger partial charge >= 0.3 is 0 Å². The summed E-state index contributed by atoms with van der Waals surface area (Å²) in [5.74, 6) is 0. The number of hydrogen-bond donors (Lipinski definition) is 1. The smallest absolute Gasteiger partial charge is 0.188 e. The van der Waals surface area contributed by atoms with E-state index in [9.17, 15) is 0 Å². The topological polar surface area (TPSA) is 51.8 Å². The molecular weight excluding hydrogens is 242 g/mol. The van der Waals surface area contributed by atoms with Gasteiger partial charge in [-0.15, -0.1) is 0 Å². The average molecular weight is 267 g/mol. The Bertz CT molecular complexity index is 370. The quantitative estimate of drug-likeness (QED) is 0.634. The molecule has 0 saturated heterocycles. The molecule has 0 aliphatic carbocycles. The van der Waals surface area contributed by atoms with Gasteiger partial charge in [-0.05, 0) is 39.2 Å². The molecule has 0 spiro atoms. The van der Waals surface area contributed by atoms with E-state index in [1.165, 1.54) is 5.56 Å². The van der Waals surface area contributed by atoms with E-state index in [2.05, 4.69) is 30.7 Å². The second kappa shape index (κ2) is 7.10. The van der Waals surface area contributed by atoms with Gasteiger partial charge in [-0.2, -0.15) is 0 Å². The molecule has 2 N–H and O–H groups in total. The highest BCUT2D eigenvalue weighted by Crippen LogP contribution is 2.26. The maximum atomic E-state index is 6.22. The van der Waals surface area contributed by atoms with E-state index < -0.39 is 0 Å². The molecule has 2 atom stereocenters. The predicted octanol–water partition coefficient (Wildman–Crippen LogP) is 3.40. The second-order valence-electron chi connectivity index (χ2n) is 4.82. The van der Waals surface area contributed by atoms with Gasteiger partial charge in [0.25, 0.3) is 0 Å². The standard InChI is InChI=1S/C14H25N3S/c1-6-8-12(15)13(7-2)18-14-16-10(4)9(3)11(5)17-14/h12-13H,6-8,15H2,1-5H3. The van der Waals surface area contributed by atoms with E-state index in [4.69, 9.17) is 5.73 Å². The largest absolute Gasteiger partial charge is 0.327 e. The molecule has 0 fully saturated rings. The Hall–Kier alpha value is -0.610. The van der Waals surface area contributed by atoms with Gasteiger partial charge in [0.15, 0.2) is 5.16 Å². The van der Waals surface area contributed by atoms with E-state index in [1.54, 1.807) is 11.8 Å². The van der Waals surface area contributed by atoms with Crippen molar-refractivity contribution in [3.63, 3.8) is 0 Å². The van der Waals surface area contributed by atoms with Crippen LogP contribution < -0.4 is 5.73 Å². The van der Waals surface area contributed by atoms with Crippen LogP contribution in [-0.4, -0.2) is 21.3 Å². The highest BCUT2D eigenvalue weighted by molar-refractivity contribution is 7.99. The van der Waals surface area contributed by atoms with Gasteiger partial charge in [-0.1, -0.05) is 32.0 Å². The molecule has 0 radical (unpaired) electrons. The molecule has 1 rings (SSSR count). The van der Waals surface area contributed by atoms with E-state index in [0.29, 0.717) is 5.25 Å². The monoisotopic (exact) mass is 267 g/mol. The summed E-state index contributed by atoms with van der Waals surface area (Å²) in [5, 5.41) is 1.28. The summed E-state index contributed by atoms with van der Waals surface area (Å²) in [7, 11) is 0. The van der Waals surface area contributed by atoms with Crippen molar-refractivity contribution in [1.29, 1.82) is 0 Å². The lowest BCUT2D eigenvalue weighted by molar-refractivity contribution is 0.565. The van der Waals surface area contributed by atoms with Crippen LogP contribution in [0.4, 0.5) is 0 Å². The SMILES string of the molecule is CCCC(N)C(CC)Sc1nc(C)c(C)c(C)n1. The van der Waals surface area contributed by atoms with Gasteiger partial charge < -0.3 is 5.73 Å². The number of nitrogens with two attached hydrogens (primary N) is 1. The van der Waals surface area contributed by atoms with Gasteiger partial charge in [0.05, 0.1) is 0 Å². The Kier molecular flexibility index (Phi) is 6.09. The van der Waals surface area contributed by atoms with E-state index in [0.717, 1.165) is 35.8 Å². The summed E-state index contributed by atoms with van der Waals surface area (Å²) >= 11 is 1.73. The molecular formula is C14H25N3S. The minimum absolute atomic E-state index is 0.232. The molecule has 0 saturated carbocycles. The Morgan fingerprint density at radius 2 is 1.67 bits per heavy atom. The predicted molar refractivity (Wildman–Crippen MR) is 79.1 cm³/mol. The molecule has 1 aromatic rings. The van der Waals surface area contributed by atoms with Crippen LogP contribution >= 0.6 is 11.8 Å². The third-order valence-electron chi connectivity index (χ3n) is 3.37. The zero-order valence-corrected chi connectivity index (χ0v) is 13.0. The van der Waals surface area contributed by atoms with Gasteiger partial charge in [0.2, 0.25) is 0 Å². The van der Waals surface area contributed by atoms with Crippen molar-refractivity contribution in [2.45, 2.75) is 70.3 Å². The molecule has 102 valence electrons. The minimum Gasteiger partial charge on any atom is -0.327 e. The minimum atomic E-state index is 0.232. The lowest BCUT2D eigenvalue weighted by Gasteiger charge is -2.21. The first kappa shape index (κ1) is 15.4. The zero-order chi connectivity index (χ0) is 13.7.